The van der Waals surface area contributed by atoms with Crippen molar-refractivity contribution in [3.8, 4) is 34.2 Å². The summed E-state index contributed by atoms with van der Waals surface area (Å²) in [6.45, 7) is 1.57. The molecule has 0 radical (unpaired) electrons. The van der Waals surface area contributed by atoms with Crippen LogP contribution in [-0.2, 0) is 32.0 Å². The first kappa shape index (κ1) is 40.9. The molecule has 2 N–H and O–H groups in total. The van der Waals surface area contributed by atoms with Gasteiger partial charge in [-0.05, 0) is 55.2 Å². The van der Waals surface area contributed by atoms with E-state index in [2.05, 4.69) is 61.2 Å². The molecule has 3 aromatic heterocycles. The third-order valence-electron chi connectivity index (χ3n) is 7.12. The van der Waals surface area contributed by atoms with Gasteiger partial charge in [-0.1, -0.05) is 48.5 Å². The highest BCUT2D eigenvalue weighted by molar-refractivity contribution is 8.00. The highest BCUT2D eigenvalue weighted by atomic mass is 32.2. The summed E-state index contributed by atoms with van der Waals surface area (Å²) >= 11 is 1.26. The highest BCUT2D eigenvalue weighted by Gasteiger charge is 2.07. The molecule has 18 nitrogen and oxygen atoms in total. The molecule has 0 unspecified atom stereocenters. The van der Waals surface area contributed by atoms with Crippen LogP contribution in [0.15, 0.2) is 96.7 Å². The molecule has 3 heterocycles. The van der Waals surface area contributed by atoms with Gasteiger partial charge < -0.3 is 10.2 Å². The number of nitrogens with zero attached hydrogens (tertiary/aromatic N) is 12. The molecule has 0 aliphatic carbocycles. The van der Waals surface area contributed by atoms with Crippen LogP contribution >= 0.6 is 11.8 Å². The van der Waals surface area contributed by atoms with Crippen molar-refractivity contribution < 1.29 is 29.4 Å². The van der Waals surface area contributed by atoms with Crippen molar-refractivity contribution in [2.75, 3.05) is 5.75 Å². The average Bonchev–Trinajstić information content (AvgIpc) is 3.21. The van der Waals surface area contributed by atoms with E-state index in [1.165, 1.54) is 30.7 Å². The molecule has 0 saturated heterocycles. The zero-order valence-electron chi connectivity index (χ0n) is 29.4. The summed E-state index contributed by atoms with van der Waals surface area (Å²) in [6, 6.07) is 22.3. The topological polar surface area (TPSA) is 263 Å². The summed E-state index contributed by atoms with van der Waals surface area (Å²) in [5.41, 5.74) is 4.47. The van der Waals surface area contributed by atoms with Crippen molar-refractivity contribution in [1.82, 2.24) is 61.2 Å². The Labute approximate surface area is 318 Å². The van der Waals surface area contributed by atoms with Crippen molar-refractivity contribution in [3.05, 3.63) is 103 Å². The fraction of sp³-hybridized carbons (Fsp3) is 0.222. The summed E-state index contributed by atoms with van der Waals surface area (Å²) in [6.07, 6.45) is 6.09. The van der Waals surface area contributed by atoms with Crippen LogP contribution in [0.25, 0.3) is 34.2 Å². The third kappa shape index (κ3) is 15.3. The Balaban J connectivity index is 0.000000186. The van der Waals surface area contributed by atoms with Crippen molar-refractivity contribution in [2.24, 2.45) is 0 Å². The molecular formula is C36H34N12O6S. The molecule has 3 aromatic carbocycles. The number of carbonyl (C=O) groups excluding carboxylic acids is 2. The average molecular weight is 763 g/mol. The van der Waals surface area contributed by atoms with E-state index >= 15 is 0 Å². The minimum Gasteiger partial charge on any atom is -0.481 e. The number of thioether (sulfide) groups is 1. The van der Waals surface area contributed by atoms with Gasteiger partial charge in [0.2, 0.25) is 17.5 Å². The zero-order valence-corrected chi connectivity index (χ0v) is 30.2. The predicted molar refractivity (Wildman–Crippen MR) is 197 cm³/mol. The number of ketones is 2. The van der Waals surface area contributed by atoms with Crippen molar-refractivity contribution in [2.45, 2.75) is 50.3 Å². The van der Waals surface area contributed by atoms with Gasteiger partial charge in [0.1, 0.15) is 11.6 Å². The van der Waals surface area contributed by atoms with E-state index < -0.39 is 11.9 Å². The molecule has 0 aliphatic heterocycles. The number of hydrogen-bond acceptors (Lipinski definition) is 17. The maximum Gasteiger partial charge on any atom is 0.313 e. The highest BCUT2D eigenvalue weighted by Crippen LogP contribution is 2.21. The number of aliphatic carboxylic acids is 2. The van der Waals surface area contributed by atoms with Crippen LogP contribution in [0.5, 0.6) is 0 Å². The standard InChI is InChI=1S/C15H16N4O3.C11H10N4O.C10H8N4O2S/c20-13(2-1-3-14(21)22)9-6-11-4-7-12(8-5-11)15-18-16-10-17-19-15;1-8(16)6-9-2-4-10(5-3-9)11-14-12-7-13-15-11;15-9(16)5-17-8-3-1-7(2-4-8)10-13-11-6-12-14-10/h4-5,7-8,10H,1-3,6,9H2,(H,21,22);2-5,7H,6H2,1H3;1-4,6H,5H2,(H,15,16). The number of aryl methyl sites for hydroxylation is 1. The zero-order chi connectivity index (χ0) is 39.3. The normalized spacial score (nSPS) is 10.2. The summed E-state index contributed by atoms with van der Waals surface area (Å²) in [4.78, 5) is 44.2. The maximum atomic E-state index is 11.7. The van der Waals surface area contributed by atoms with Crippen LogP contribution in [-0.4, -0.2) is 101 Å². The van der Waals surface area contributed by atoms with Crippen LogP contribution in [0.1, 0.15) is 43.7 Å². The summed E-state index contributed by atoms with van der Waals surface area (Å²) in [5, 5.41) is 62.1. The second kappa shape index (κ2) is 22.2. The maximum absolute atomic E-state index is 11.7. The summed E-state index contributed by atoms with van der Waals surface area (Å²) in [5.74, 6) is -0.0332. The van der Waals surface area contributed by atoms with Crippen LogP contribution in [0.4, 0.5) is 0 Å². The SMILES string of the molecule is CC(=O)Cc1ccc(-c2nncnn2)cc1.O=C(O)CCCC(=O)CCc1ccc(-c2nncnn2)cc1.O=C(O)CSc1ccc(-c2nncnn2)cc1. The summed E-state index contributed by atoms with van der Waals surface area (Å²) < 4.78 is 0. The number of Topliss-reactive ketones (excluding diaryl/α,β-unsaturated/α-hetero) is 2. The monoisotopic (exact) mass is 762 g/mol. The Hall–Kier alpha value is -6.89. The first-order valence-electron chi connectivity index (χ1n) is 16.5. The van der Waals surface area contributed by atoms with E-state index in [9.17, 15) is 19.2 Å². The van der Waals surface area contributed by atoms with E-state index in [-0.39, 0.29) is 23.7 Å². The van der Waals surface area contributed by atoms with Crippen LogP contribution in [0.3, 0.4) is 0 Å². The molecule has 0 saturated carbocycles. The molecular weight excluding hydrogens is 729 g/mol. The minimum atomic E-state index is -0.865. The Morgan fingerprint density at radius 1 is 0.527 bits per heavy atom. The molecule has 0 atom stereocenters. The van der Waals surface area contributed by atoms with E-state index in [0.717, 1.165) is 32.7 Å². The lowest BCUT2D eigenvalue weighted by Gasteiger charge is -2.03. The molecule has 6 rings (SSSR count). The fourth-order valence-electron chi connectivity index (χ4n) is 4.53. The Morgan fingerprint density at radius 3 is 1.35 bits per heavy atom. The number of rotatable bonds is 15. The van der Waals surface area contributed by atoms with Crippen LogP contribution < -0.4 is 0 Å². The third-order valence-corrected chi connectivity index (χ3v) is 8.11. The van der Waals surface area contributed by atoms with Gasteiger partial charge in [0.05, 0.1) is 5.75 Å². The van der Waals surface area contributed by atoms with Crippen LogP contribution in [0.2, 0.25) is 0 Å². The van der Waals surface area contributed by atoms with Gasteiger partial charge in [0.25, 0.3) is 0 Å². The lowest BCUT2D eigenvalue weighted by atomic mass is 10.0. The molecule has 0 bridgehead atoms. The molecule has 0 fully saturated rings. The van der Waals surface area contributed by atoms with Gasteiger partial charge in [0, 0.05) is 47.3 Å². The number of hydrogen-bond donors (Lipinski definition) is 2. The van der Waals surface area contributed by atoms with Gasteiger partial charge in [-0.2, -0.15) is 0 Å². The molecule has 0 spiro atoms. The van der Waals surface area contributed by atoms with Gasteiger partial charge in [-0.15, -0.1) is 72.9 Å². The molecule has 6 aromatic rings. The molecule has 280 valence electrons. The van der Waals surface area contributed by atoms with Gasteiger partial charge in [0.15, 0.2) is 19.0 Å². The second-order valence-corrected chi connectivity index (χ2v) is 12.4. The number of aromatic nitrogens is 12. The van der Waals surface area contributed by atoms with Gasteiger partial charge in [-0.25, -0.2) is 0 Å². The van der Waals surface area contributed by atoms with Crippen LogP contribution in [0, 0.1) is 0 Å². The van der Waals surface area contributed by atoms with Crippen molar-refractivity contribution in [3.63, 3.8) is 0 Å². The Morgan fingerprint density at radius 2 is 0.945 bits per heavy atom. The van der Waals surface area contributed by atoms with Crippen molar-refractivity contribution >= 4 is 35.3 Å². The van der Waals surface area contributed by atoms with E-state index in [1.54, 1.807) is 6.92 Å². The molecule has 0 amide bonds. The first-order chi connectivity index (χ1) is 26.7. The van der Waals surface area contributed by atoms with Crippen molar-refractivity contribution in [1.29, 1.82) is 0 Å². The lowest BCUT2D eigenvalue weighted by molar-refractivity contribution is -0.137. The minimum absolute atomic E-state index is 0.0413. The first-order valence-corrected chi connectivity index (χ1v) is 17.5. The van der Waals surface area contributed by atoms with E-state index in [0.29, 0.717) is 49.6 Å². The largest absolute Gasteiger partial charge is 0.481 e. The number of carboxylic acid groups (broad SMARTS) is 2. The second-order valence-electron chi connectivity index (χ2n) is 11.4. The van der Waals surface area contributed by atoms with E-state index in [1.807, 2.05) is 72.8 Å². The quantitative estimate of drug-likeness (QED) is 0.141. The van der Waals surface area contributed by atoms with Gasteiger partial charge >= 0.3 is 11.9 Å². The number of carbonyl (C=O) groups is 4. The number of benzene rings is 3. The Bertz CT molecular complexity index is 2100. The number of carboxylic acids is 2. The molecule has 55 heavy (non-hydrogen) atoms. The summed E-state index contributed by atoms with van der Waals surface area (Å²) in [7, 11) is 0. The van der Waals surface area contributed by atoms with Gasteiger partial charge in [-0.3, -0.25) is 19.2 Å². The molecule has 0 aliphatic rings. The smallest absolute Gasteiger partial charge is 0.313 e. The molecule has 19 heteroatoms. The Kier molecular flexibility index (Phi) is 16.5. The predicted octanol–water partition coefficient (Wildman–Crippen LogP) is 3.87. The fourth-order valence-corrected chi connectivity index (χ4v) is 5.15. The van der Waals surface area contributed by atoms with E-state index in [4.69, 9.17) is 10.2 Å². The lowest BCUT2D eigenvalue weighted by Crippen LogP contribution is -2.02.